The molecule has 2 atom stereocenters. The van der Waals surface area contributed by atoms with Crippen LogP contribution in [0.5, 0.6) is 0 Å². The second-order valence-corrected chi connectivity index (χ2v) is 21.8. The number of cyclic esters (lactones) is 2. The number of allylic oxidation sites excluding steroid dienone is 2. The zero-order chi connectivity index (χ0) is 26.2. The van der Waals surface area contributed by atoms with Crippen LogP contribution in [0.3, 0.4) is 0 Å². The van der Waals surface area contributed by atoms with Gasteiger partial charge in [0, 0.05) is 12.8 Å². The largest absolute Gasteiger partial charge is 0.456 e. The molecule has 8 heteroatoms. The molecule has 0 amide bonds. The molecule has 1 heterocycles. The fourth-order valence-corrected chi connectivity index (χ4v) is 4.64. The molecule has 0 radical (unpaired) electrons. The summed E-state index contributed by atoms with van der Waals surface area (Å²) in [5, 5.41) is 0.0876. The number of carbonyl (C=O) groups excluding carboxylic acids is 2. The predicted molar refractivity (Wildman–Crippen MR) is 143 cm³/mol. The van der Waals surface area contributed by atoms with Crippen LogP contribution in [0.4, 0.5) is 0 Å². The van der Waals surface area contributed by atoms with Gasteiger partial charge in [-0.25, -0.2) is 0 Å². The number of rotatable bonds is 6. The van der Waals surface area contributed by atoms with E-state index < -0.39 is 28.8 Å². The van der Waals surface area contributed by atoms with Crippen molar-refractivity contribution in [3.05, 3.63) is 24.3 Å². The molecule has 0 bridgehead atoms. The lowest BCUT2D eigenvalue weighted by Gasteiger charge is -2.37. The van der Waals surface area contributed by atoms with Gasteiger partial charge in [-0.3, -0.25) is 9.59 Å². The van der Waals surface area contributed by atoms with E-state index in [2.05, 4.69) is 67.7 Å². The first-order valence-corrected chi connectivity index (χ1v) is 18.3. The van der Waals surface area contributed by atoms with Gasteiger partial charge < -0.3 is 18.3 Å². The minimum Gasteiger partial charge on any atom is -0.456 e. The van der Waals surface area contributed by atoms with Crippen LogP contribution in [-0.4, -0.2) is 54.0 Å². The van der Waals surface area contributed by atoms with Crippen molar-refractivity contribution in [3.8, 4) is 0 Å². The van der Waals surface area contributed by atoms with Crippen molar-refractivity contribution >= 4 is 28.6 Å². The summed E-state index contributed by atoms with van der Waals surface area (Å²) >= 11 is 0. The van der Waals surface area contributed by atoms with Gasteiger partial charge in [-0.2, -0.15) is 0 Å². The fourth-order valence-electron chi connectivity index (χ4n) is 2.61. The van der Waals surface area contributed by atoms with Gasteiger partial charge in [0.2, 0.25) is 0 Å². The topological polar surface area (TPSA) is 71.1 Å². The Morgan fingerprint density at radius 1 is 0.735 bits per heavy atom. The number of esters is 2. The molecule has 2 unspecified atom stereocenters. The maximum atomic E-state index is 12.4. The molecule has 0 saturated heterocycles. The van der Waals surface area contributed by atoms with Gasteiger partial charge in [0.25, 0.3) is 0 Å². The SMILES string of the molecule is CC(C)(C)[Si](C)(C)OCC1C=CC(CO[Si](C)(C)C(C)(C)C)OC(=O)CC/C=C\CCC(=O)O1. The van der Waals surface area contributed by atoms with Crippen LogP contribution in [0, 0.1) is 0 Å². The van der Waals surface area contributed by atoms with E-state index in [1.54, 1.807) is 12.2 Å². The van der Waals surface area contributed by atoms with Crippen molar-refractivity contribution in [3.63, 3.8) is 0 Å². The van der Waals surface area contributed by atoms with Crippen LogP contribution >= 0.6 is 0 Å². The molecule has 0 fully saturated rings. The first-order valence-electron chi connectivity index (χ1n) is 12.4. The standard InChI is InChI=1S/C26H48O6Si2/c1-25(2,3)33(7,8)29-19-21-17-18-22(20-30-34(9,10)26(4,5)6)32-24(28)16-14-12-11-13-15-23(27)31-21/h11-12,17-18,21-22H,13-16,19-20H2,1-10H3/b12-11-,18-17?. The third kappa shape index (κ3) is 10.6. The Labute approximate surface area is 209 Å². The van der Waals surface area contributed by atoms with Gasteiger partial charge in [0.15, 0.2) is 16.6 Å². The zero-order valence-electron chi connectivity index (χ0n) is 23.2. The molecule has 196 valence electrons. The summed E-state index contributed by atoms with van der Waals surface area (Å²) in [4.78, 5) is 24.9. The highest BCUT2D eigenvalue weighted by Crippen LogP contribution is 2.37. The maximum Gasteiger partial charge on any atom is 0.306 e. The van der Waals surface area contributed by atoms with E-state index >= 15 is 0 Å². The molecule has 6 nitrogen and oxygen atoms in total. The Balaban J connectivity index is 3.09. The van der Waals surface area contributed by atoms with Gasteiger partial charge in [-0.1, -0.05) is 53.7 Å². The highest BCUT2D eigenvalue weighted by molar-refractivity contribution is 6.74. The minimum absolute atomic E-state index is 0.0438. The summed E-state index contributed by atoms with van der Waals surface area (Å²) in [5.74, 6) is -0.525. The zero-order valence-corrected chi connectivity index (χ0v) is 25.2. The Kier molecular flexibility index (Phi) is 11.5. The summed E-state index contributed by atoms with van der Waals surface area (Å²) in [7, 11) is -4.05. The van der Waals surface area contributed by atoms with Crippen LogP contribution in [0.2, 0.25) is 36.3 Å². The minimum atomic E-state index is -2.03. The Morgan fingerprint density at radius 3 is 1.35 bits per heavy atom. The molecule has 1 rings (SSSR count). The summed E-state index contributed by atoms with van der Waals surface area (Å²) in [5.41, 5.74) is 0. The van der Waals surface area contributed by atoms with Crippen molar-refractivity contribution in [2.75, 3.05) is 13.2 Å². The molecule has 1 aliphatic rings. The van der Waals surface area contributed by atoms with Gasteiger partial charge in [-0.05, 0) is 61.3 Å². The van der Waals surface area contributed by atoms with E-state index in [1.807, 2.05) is 12.2 Å². The third-order valence-electron chi connectivity index (χ3n) is 7.13. The highest BCUT2D eigenvalue weighted by Gasteiger charge is 2.39. The molecule has 1 aliphatic heterocycles. The molecular weight excluding hydrogens is 464 g/mol. The van der Waals surface area contributed by atoms with E-state index in [9.17, 15) is 9.59 Å². The lowest BCUT2D eigenvalue weighted by molar-refractivity contribution is -0.150. The van der Waals surface area contributed by atoms with Crippen molar-refractivity contribution in [1.29, 1.82) is 0 Å². The Hall–Kier alpha value is -1.23. The third-order valence-corrected chi connectivity index (χ3v) is 16.1. The smallest absolute Gasteiger partial charge is 0.306 e. The van der Waals surface area contributed by atoms with Crippen LogP contribution in [0.25, 0.3) is 0 Å². The van der Waals surface area contributed by atoms with Crippen LogP contribution in [-0.2, 0) is 27.9 Å². The molecule has 0 aromatic rings. The van der Waals surface area contributed by atoms with Gasteiger partial charge in [-0.15, -0.1) is 0 Å². The van der Waals surface area contributed by atoms with Crippen LogP contribution in [0.15, 0.2) is 24.3 Å². The average Bonchev–Trinajstić information content (AvgIpc) is 2.68. The monoisotopic (exact) mass is 512 g/mol. The quantitative estimate of drug-likeness (QED) is 0.229. The Bertz CT molecular complexity index is 669. The first-order chi connectivity index (χ1) is 15.4. The molecule has 0 aromatic carbocycles. The fraction of sp³-hybridized carbons (Fsp3) is 0.769. The van der Waals surface area contributed by atoms with Crippen molar-refractivity contribution < 1.29 is 27.9 Å². The molecule has 0 N–H and O–H groups in total. The first kappa shape index (κ1) is 30.8. The summed E-state index contributed by atoms with van der Waals surface area (Å²) in [6.07, 6.45) is 8.05. The molecule has 0 saturated carbocycles. The molecule has 0 spiro atoms. The van der Waals surface area contributed by atoms with E-state index in [4.69, 9.17) is 18.3 Å². The van der Waals surface area contributed by atoms with E-state index in [1.165, 1.54) is 0 Å². The molecular formula is C26H48O6Si2. The normalized spacial score (nSPS) is 23.1. The van der Waals surface area contributed by atoms with E-state index in [-0.39, 0.29) is 35.2 Å². The number of carbonyl (C=O) groups is 2. The Morgan fingerprint density at radius 2 is 1.06 bits per heavy atom. The van der Waals surface area contributed by atoms with Crippen LogP contribution in [0.1, 0.15) is 67.2 Å². The summed E-state index contributed by atoms with van der Waals surface area (Å²) < 4.78 is 24.1. The van der Waals surface area contributed by atoms with E-state index in [0.29, 0.717) is 25.7 Å². The van der Waals surface area contributed by atoms with Gasteiger partial charge in [0.1, 0.15) is 12.2 Å². The van der Waals surface area contributed by atoms with Gasteiger partial charge in [0.05, 0.1) is 13.2 Å². The van der Waals surface area contributed by atoms with Crippen molar-refractivity contribution in [2.24, 2.45) is 0 Å². The van der Waals surface area contributed by atoms with E-state index in [0.717, 1.165) is 0 Å². The predicted octanol–water partition coefficient (Wildman–Crippen LogP) is 6.54. The highest BCUT2D eigenvalue weighted by atomic mass is 28.4. The van der Waals surface area contributed by atoms with Crippen molar-refractivity contribution in [1.82, 2.24) is 0 Å². The van der Waals surface area contributed by atoms with Crippen LogP contribution < -0.4 is 0 Å². The molecule has 34 heavy (non-hydrogen) atoms. The average molecular weight is 513 g/mol. The second kappa shape index (κ2) is 12.6. The number of ether oxygens (including phenoxy) is 2. The number of hydrogen-bond donors (Lipinski definition) is 0. The lowest BCUT2D eigenvalue weighted by atomic mass is 10.2. The number of hydrogen-bond acceptors (Lipinski definition) is 6. The molecule has 0 aromatic heterocycles. The maximum absolute atomic E-state index is 12.4. The lowest BCUT2D eigenvalue weighted by Crippen LogP contribution is -2.43. The second-order valence-electron chi connectivity index (χ2n) is 12.1. The summed E-state index contributed by atoms with van der Waals surface area (Å²) in [6, 6.07) is 0. The van der Waals surface area contributed by atoms with Crippen molar-refractivity contribution in [2.45, 2.75) is 116 Å². The summed E-state index contributed by atoms with van der Waals surface area (Å²) in [6.45, 7) is 22.3. The molecule has 0 aliphatic carbocycles. The van der Waals surface area contributed by atoms with Gasteiger partial charge >= 0.3 is 11.9 Å².